The predicted molar refractivity (Wildman–Crippen MR) is 89.7 cm³/mol. The lowest BCUT2D eigenvalue weighted by molar-refractivity contribution is 0.0990. The van der Waals surface area contributed by atoms with Gasteiger partial charge in [0.1, 0.15) is 0 Å². The first-order chi connectivity index (χ1) is 10.9. The average Bonchev–Trinajstić information content (AvgIpc) is 3.07. The highest BCUT2D eigenvalue weighted by atomic mass is 35.5. The summed E-state index contributed by atoms with van der Waals surface area (Å²) in [5.74, 6) is -0.120. The Labute approximate surface area is 144 Å². The quantitative estimate of drug-likeness (QED) is 0.452. The second-order valence-corrected chi connectivity index (χ2v) is 6.96. The van der Waals surface area contributed by atoms with Crippen LogP contribution in [0.25, 0.3) is 16.5 Å². The molecule has 0 atom stereocenters. The Hall–Kier alpha value is -1.95. The predicted octanol–water partition coefficient (Wildman–Crippen LogP) is 4.97. The molecule has 7 heteroatoms. The third-order valence-electron chi connectivity index (χ3n) is 3.54. The molecular formula is C16H7Cl2NO3S. The number of hydrogen-bond donors (Lipinski definition) is 0. The van der Waals surface area contributed by atoms with Crippen molar-refractivity contribution in [2.75, 3.05) is 0 Å². The number of aromatic nitrogens is 1. The minimum Gasteiger partial charge on any atom is -0.440 e. The van der Waals surface area contributed by atoms with Crippen molar-refractivity contribution in [2.24, 2.45) is 0 Å². The van der Waals surface area contributed by atoms with Crippen LogP contribution in [0, 0.1) is 6.92 Å². The van der Waals surface area contributed by atoms with Crippen molar-refractivity contribution in [3.63, 3.8) is 0 Å². The van der Waals surface area contributed by atoms with Gasteiger partial charge >= 0.3 is 0 Å². The van der Waals surface area contributed by atoms with E-state index < -0.39 is 0 Å². The first-order valence-corrected chi connectivity index (χ1v) is 8.18. The number of fused-ring (bicyclic) bond motifs is 2. The molecule has 0 fully saturated rings. The number of nitrogens with zero attached hydrogens (tertiary/aromatic N) is 1. The Balaban J connectivity index is 1.81. The second-order valence-electron chi connectivity index (χ2n) is 5.08. The first kappa shape index (κ1) is 14.6. The SMILES string of the molecule is Cc1nc2sc(C=C3C(=O)c4cc(Cl)c(Cl)cc4C3=O)cc2o1. The van der Waals surface area contributed by atoms with Crippen LogP contribution < -0.4 is 0 Å². The normalized spacial score (nSPS) is 14.0. The number of rotatable bonds is 1. The molecule has 4 nitrogen and oxygen atoms in total. The molecule has 0 saturated carbocycles. The number of thiophene rings is 1. The van der Waals surface area contributed by atoms with Gasteiger partial charge in [-0.1, -0.05) is 23.2 Å². The Bertz CT molecular complexity index is 971. The fourth-order valence-electron chi connectivity index (χ4n) is 2.52. The minimum atomic E-state index is -0.349. The fraction of sp³-hybridized carbons (Fsp3) is 0.0625. The summed E-state index contributed by atoms with van der Waals surface area (Å²) < 4.78 is 5.43. The molecule has 0 radical (unpaired) electrons. The molecular weight excluding hydrogens is 357 g/mol. The Morgan fingerprint density at radius 1 is 1.09 bits per heavy atom. The third-order valence-corrected chi connectivity index (χ3v) is 5.22. The molecule has 0 amide bonds. The number of benzene rings is 1. The molecule has 0 N–H and O–H groups in total. The van der Waals surface area contributed by atoms with Crippen molar-refractivity contribution in [2.45, 2.75) is 6.92 Å². The van der Waals surface area contributed by atoms with Gasteiger partial charge in [0.25, 0.3) is 0 Å². The van der Waals surface area contributed by atoms with Crippen LogP contribution in [0.2, 0.25) is 10.0 Å². The van der Waals surface area contributed by atoms with E-state index in [1.54, 1.807) is 19.1 Å². The van der Waals surface area contributed by atoms with Crippen LogP contribution in [0.1, 0.15) is 31.5 Å². The minimum absolute atomic E-state index is 0.0963. The van der Waals surface area contributed by atoms with Crippen LogP contribution in [0.5, 0.6) is 0 Å². The Morgan fingerprint density at radius 3 is 2.26 bits per heavy atom. The average molecular weight is 364 g/mol. The molecule has 23 heavy (non-hydrogen) atoms. The van der Waals surface area contributed by atoms with Crippen LogP contribution in [0.3, 0.4) is 0 Å². The zero-order valence-corrected chi connectivity index (χ0v) is 14.0. The van der Waals surface area contributed by atoms with Gasteiger partial charge in [-0.15, -0.1) is 11.3 Å². The van der Waals surface area contributed by atoms with Crippen LogP contribution in [-0.4, -0.2) is 16.6 Å². The summed E-state index contributed by atoms with van der Waals surface area (Å²) in [4.78, 5) is 30.6. The van der Waals surface area contributed by atoms with Gasteiger partial charge in [0.2, 0.25) is 0 Å². The van der Waals surface area contributed by atoms with Crippen LogP contribution in [0.15, 0.2) is 28.2 Å². The van der Waals surface area contributed by atoms with Crippen molar-refractivity contribution in [1.29, 1.82) is 0 Å². The van der Waals surface area contributed by atoms with Crippen molar-refractivity contribution in [3.05, 3.63) is 55.7 Å². The topological polar surface area (TPSA) is 60.2 Å². The van der Waals surface area contributed by atoms with Crippen molar-refractivity contribution in [1.82, 2.24) is 4.98 Å². The van der Waals surface area contributed by atoms with E-state index >= 15 is 0 Å². The van der Waals surface area contributed by atoms with E-state index in [2.05, 4.69) is 4.98 Å². The van der Waals surface area contributed by atoms with Gasteiger partial charge in [0.15, 0.2) is 27.9 Å². The summed E-state index contributed by atoms with van der Waals surface area (Å²) in [7, 11) is 0. The fourth-order valence-corrected chi connectivity index (χ4v) is 3.79. The van der Waals surface area contributed by atoms with E-state index in [4.69, 9.17) is 27.6 Å². The highest BCUT2D eigenvalue weighted by Gasteiger charge is 2.34. The maximum absolute atomic E-state index is 12.5. The Kier molecular flexibility index (Phi) is 3.20. The number of halogens is 2. The highest BCUT2D eigenvalue weighted by Crippen LogP contribution is 2.35. The number of carbonyl (C=O) groups excluding carboxylic acids is 2. The van der Waals surface area contributed by atoms with Crippen molar-refractivity contribution < 1.29 is 14.0 Å². The lowest BCUT2D eigenvalue weighted by atomic mass is 10.1. The molecule has 1 aliphatic carbocycles. The maximum atomic E-state index is 12.5. The highest BCUT2D eigenvalue weighted by molar-refractivity contribution is 7.19. The number of aryl methyl sites for hydroxylation is 1. The van der Waals surface area contributed by atoms with Crippen LogP contribution in [-0.2, 0) is 0 Å². The van der Waals surface area contributed by atoms with Crippen LogP contribution >= 0.6 is 34.5 Å². The molecule has 114 valence electrons. The van der Waals surface area contributed by atoms with Gasteiger partial charge in [-0.3, -0.25) is 9.59 Å². The zero-order valence-electron chi connectivity index (χ0n) is 11.6. The molecule has 4 rings (SSSR count). The van der Waals surface area contributed by atoms with Gasteiger partial charge in [-0.25, -0.2) is 4.98 Å². The van der Waals surface area contributed by atoms with E-state index in [0.717, 1.165) is 9.71 Å². The number of carbonyl (C=O) groups is 2. The molecule has 1 aliphatic rings. The molecule has 0 bridgehead atoms. The van der Waals surface area contributed by atoms with Crippen molar-refractivity contribution in [3.8, 4) is 0 Å². The summed E-state index contributed by atoms with van der Waals surface area (Å²) in [5, 5.41) is 0.502. The van der Waals surface area contributed by atoms with Gasteiger partial charge in [-0.05, 0) is 18.2 Å². The van der Waals surface area contributed by atoms with Gasteiger partial charge in [0, 0.05) is 29.0 Å². The molecule has 2 heterocycles. The molecule has 2 aromatic heterocycles. The van der Waals surface area contributed by atoms with Gasteiger partial charge in [0.05, 0.1) is 15.6 Å². The van der Waals surface area contributed by atoms with Gasteiger partial charge in [-0.2, -0.15) is 0 Å². The van der Waals surface area contributed by atoms with Crippen molar-refractivity contribution >= 4 is 62.6 Å². The molecule has 0 aliphatic heterocycles. The van der Waals surface area contributed by atoms with E-state index in [1.165, 1.54) is 23.5 Å². The number of oxazole rings is 1. The van der Waals surface area contributed by atoms with Crippen LogP contribution in [0.4, 0.5) is 0 Å². The standard InChI is InChI=1S/C16H7Cl2NO3S/c1-6-19-16-13(22-6)3-7(23-16)2-10-14(20)8-4-11(17)12(18)5-9(8)15(10)21/h2-5H,1H3. The smallest absolute Gasteiger partial charge is 0.197 e. The molecule has 0 spiro atoms. The lowest BCUT2D eigenvalue weighted by Crippen LogP contribution is -1.99. The lowest BCUT2D eigenvalue weighted by Gasteiger charge is -1.98. The summed E-state index contributed by atoms with van der Waals surface area (Å²) in [6.07, 6.45) is 1.56. The third kappa shape index (κ3) is 2.24. The number of ketones is 2. The maximum Gasteiger partial charge on any atom is 0.197 e. The first-order valence-electron chi connectivity index (χ1n) is 6.61. The summed E-state index contributed by atoms with van der Waals surface area (Å²) in [5.41, 5.74) is 1.30. The van der Waals surface area contributed by atoms with E-state index in [-0.39, 0.29) is 38.3 Å². The second kappa shape index (κ2) is 5.03. The van der Waals surface area contributed by atoms with E-state index in [9.17, 15) is 9.59 Å². The van der Waals surface area contributed by atoms with Gasteiger partial charge < -0.3 is 4.42 Å². The number of hydrogen-bond acceptors (Lipinski definition) is 5. The summed E-state index contributed by atoms with van der Waals surface area (Å²) >= 11 is 13.2. The molecule has 0 saturated heterocycles. The largest absolute Gasteiger partial charge is 0.440 e. The molecule has 1 aromatic carbocycles. The summed E-state index contributed by atoms with van der Waals surface area (Å²) in [6.45, 7) is 1.76. The Morgan fingerprint density at radius 2 is 1.70 bits per heavy atom. The number of allylic oxidation sites excluding steroid dienone is 1. The van der Waals surface area contributed by atoms with E-state index in [0.29, 0.717) is 11.5 Å². The van der Waals surface area contributed by atoms with E-state index in [1.807, 2.05) is 0 Å². The monoisotopic (exact) mass is 363 g/mol. The molecule has 0 unspecified atom stereocenters. The number of Topliss-reactive ketones (excluding diaryl/α,β-unsaturated/α-hetero) is 2. The zero-order chi connectivity index (χ0) is 16.3. The summed E-state index contributed by atoms with van der Waals surface area (Å²) in [6, 6.07) is 4.63. The molecule has 3 aromatic rings.